The number of halogens is 1. The van der Waals surface area contributed by atoms with Crippen LogP contribution >= 0.6 is 15.9 Å². The summed E-state index contributed by atoms with van der Waals surface area (Å²) in [6, 6.07) is 7.13. The van der Waals surface area contributed by atoms with Crippen molar-refractivity contribution in [3.63, 3.8) is 0 Å². The van der Waals surface area contributed by atoms with Crippen LogP contribution in [0.1, 0.15) is 33.6 Å². The average molecular weight is 465 g/mol. The lowest BCUT2D eigenvalue weighted by Crippen LogP contribution is -2.43. The van der Waals surface area contributed by atoms with E-state index in [1.807, 2.05) is 26.8 Å². The predicted octanol–water partition coefficient (Wildman–Crippen LogP) is 3.97. The summed E-state index contributed by atoms with van der Waals surface area (Å²) >= 11 is 3.35. The van der Waals surface area contributed by atoms with Crippen LogP contribution in [-0.2, 0) is 9.53 Å². The van der Waals surface area contributed by atoms with Gasteiger partial charge in [-0.2, -0.15) is 10.4 Å². The summed E-state index contributed by atoms with van der Waals surface area (Å²) in [5.74, 6) is -0.167. The van der Waals surface area contributed by atoms with Gasteiger partial charge in [0.25, 0.3) is 0 Å². The molecule has 0 radical (unpaired) electrons. The van der Waals surface area contributed by atoms with Gasteiger partial charge in [0.15, 0.2) is 5.78 Å². The summed E-state index contributed by atoms with van der Waals surface area (Å²) < 4.78 is 11.4. The molecule has 8 nitrogen and oxygen atoms in total. The van der Waals surface area contributed by atoms with E-state index in [9.17, 15) is 14.9 Å². The van der Waals surface area contributed by atoms with Gasteiger partial charge in [0.05, 0.1) is 12.8 Å². The molecule has 0 atom stereocenters. The number of nitriles is 1. The van der Waals surface area contributed by atoms with Crippen molar-refractivity contribution in [1.82, 2.24) is 4.90 Å². The summed E-state index contributed by atoms with van der Waals surface area (Å²) in [7, 11) is 1.52. The topological polar surface area (TPSA) is 104 Å². The molecule has 0 unspecified atom stereocenters. The predicted molar refractivity (Wildman–Crippen MR) is 113 cm³/mol. The highest BCUT2D eigenvalue weighted by atomic mass is 79.9. The molecule has 9 heteroatoms. The number of hydrogen-bond acceptors (Lipinski definition) is 7. The largest absolute Gasteiger partial charge is 0.494 e. The zero-order valence-corrected chi connectivity index (χ0v) is 18.6. The molecule has 0 aliphatic carbocycles. The highest BCUT2D eigenvalue weighted by Crippen LogP contribution is 2.28. The zero-order chi connectivity index (χ0) is 21.6. The first-order valence-corrected chi connectivity index (χ1v) is 10.0. The Balaban J connectivity index is 1.99. The van der Waals surface area contributed by atoms with E-state index in [-0.39, 0.29) is 23.5 Å². The molecule has 0 aromatic heterocycles. The average Bonchev–Trinajstić information content (AvgIpc) is 2.67. The Bertz CT molecular complexity index is 834. The fraction of sp³-hybridized carbons (Fsp3) is 0.500. The molecule has 1 aromatic rings. The molecule has 0 spiro atoms. The van der Waals surface area contributed by atoms with E-state index in [2.05, 4.69) is 26.5 Å². The third kappa shape index (κ3) is 6.46. The summed E-state index contributed by atoms with van der Waals surface area (Å²) in [6.07, 6.45) is 0.530. The maximum absolute atomic E-state index is 12.7. The minimum absolute atomic E-state index is 0.203. The summed E-state index contributed by atoms with van der Waals surface area (Å²) in [4.78, 5) is 26.4. The Kier molecular flexibility index (Phi) is 7.62. The molecule has 0 saturated carbocycles. The Labute approximate surface area is 179 Å². The standard InChI is InChI=1S/C20H25BrN4O4/c1-20(2,3)29-19(27)25-9-7-13(8-10-25)18(26)16(12-22)24-23-15-6-5-14(21)11-17(15)28-4/h5-6,11,13,23H,7-10H2,1-4H3/b24-16+. The number of nitrogens with zero attached hydrogens (tertiary/aromatic N) is 3. The van der Waals surface area contributed by atoms with Crippen molar-refractivity contribution < 1.29 is 19.1 Å². The molecular weight excluding hydrogens is 440 g/mol. The highest BCUT2D eigenvalue weighted by Gasteiger charge is 2.31. The fourth-order valence-electron chi connectivity index (χ4n) is 2.85. The van der Waals surface area contributed by atoms with Gasteiger partial charge in [-0.3, -0.25) is 10.2 Å². The lowest BCUT2D eigenvalue weighted by atomic mass is 9.90. The van der Waals surface area contributed by atoms with Crippen molar-refractivity contribution in [3.8, 4) is 11.8 Å². The summed E-state index contributed by atoms with van der Waals surface area (Å²) in [6.45, 7) is 6.23. The molecule has 1 amide bonds. The van der Waals surface area contributed by atoms with Crippen LogP contribution in [0.4, 0.5) is 10.5 Å². The minimum atomic E-state index is -0.565. The van der Waals surface area contributed by atoms with Crippen LogP contribution in [0.2, 0.25) is 0 Å². The van der Waals surface area contributed by atoms with E-state index in [0.29, 0.717) is 37.4 Å². The lowest BCUT2D eigenvalue weighted by molar-refractivity contribution is -0.117. The molecule has 1 saturated heterocycles. The number of methoxy groups -OCH3 is 1. The smallest absolute Gasteiger partial charge is 0.410 e. The third-order valence-electron chi connectivity index (χ3n) is 4.31. The first-order valence-electron chi connectivity index (χ1n) is 9.24. The van der Waals surface area contributed by atoms with E-state index in [4.69, 9.17) is 9.47 Å². The number of piperidine rings is 1. The molecule has 1 heterocycles. The van der Waals surface area contributed by atoms with Crippen molar-refractivity contribution in [3.05, 3.63) is 22.7 Å². The number of carbonyl (C=O) groups is 2. The van der Waals surface area contributed by atoms with E-state index in [0.717, 1.165) is 4.47 Å². The molecule has 156 valence electrons. The van der Waals surface area contributed by atoms with Crippen LogP contribution in [0, 0.1) is 17.2 Å². The number of hydrogen-bond donors (Lipinski definition) is 1. The van der Waals surface area contributed by atoms with Gasteiger partial charge in [-0.25, -0.2) is 4.79 Å². The van der Waals surface area contributed by atoms with Crippen LogP contribution in [0.3, 0.4) is 0 Å². The Morgan fingerprint density at radius 3 is 2.52 bits per heavy atom. The molecule has 0 bridgehead atoms. The van der Waals surface area contributed by atoms with E-state index in [1.165, 1.54) is 7.11 Å². The number of Topliss-reactive ketones (excluding diaryl/α,β-unsaturated/α-hetero) is 1. The second kappa shape index (κ2) is 9.74. The Morgan fingerprint density at radius 2 is 1.97 bits per heavy atom. The molecule has 1 N–H and O–H groups in total. The van der Waals surface area contributed by atoms with Crippen LogP contribution in [0.5, 0.6) is 5.75 Å². The number of amides is 1. The number of ketones is 1. The number of hydrazone groups is 1. The second-order valence-corrected chi connectivity index (χ2v) is 8.55. The van der Waals surface area contributed by atoms with Crippen LogP contribution in [0.25, 0.3) is 0 Å². The van der Waals surface area contributed by atoms with Gasteiger partial charge in [-0.05, 0) is 51.8 Å². The molecule has 2 rings (SSSR count). The maximum atomic E-state index is 12.7. The number of ether oxygens (including phenoxy) is 2. The maximum Gasteiger partial charge on any atom is 0.410 e. The number of nitrogens with one attached hydrogen (secondary N) is 1. The van der Waals surface area contributed by atoms with E-state index in [1.54, 1.807) is 23.1 Å². The van der Waals surface area contributed by atoms with Crippen LogP contribution < -0.4 is 10.2 Å². The number of rotatable bonds is 5. The molecule has 29 heavy (non-hydrogen) atoms. The van der Waals surface area contributed by atoms with Gasteiger partial charge in [-0.1, -0.05) is 15.9 Å². The van der Waals surface area contributed by atoms with Crippen molar-refractivity contribution in [1.29, 1.82) is 5.26 Å². The van der Waals surface area contributed by atoms with Crippen molar-refractivity contribution >= 4 is 39.2 Å². The number of anilines is 1. The molecule has 1 aromatic carbocycles. The summed E-state index contributed by atoms with van der Waals surface area (Å²) in [5, 5.41) is 13.4. The Morgan fingerprint density at radius 1 is 1.31 bits per heavy atom. The van der Waals surface area contributed by atoms with Gasteiger partial charge in [0.2, 0.25) is 5.71 Å². The van der Waals surface area contributed by atoms with Crippen molar-refractivity contribution in [2.75, 3.05) is 25.6 Å². The van der Waals surface area contributed by atoms with Crippen LogP contribution in [0.15, 0.2) is 27.8 Å². The normalized spacial score (nSPS) is 15.4. The first kappa shape index (κ1) is 22.7. The monoisotopic (exact) mass is 464 g/mol. The highest BCUT2D eigenvalue weighted by molar-refractivity contribution is 9.10. The number of likely N-dealkylation sites (tertiary alicyclic amines) is 1. The van der Waals surface area contributed by atoms with Crippen molar-refractivity contribution in [2.45, 2.75) is 39.2 Å². The van der Waals surface area contributed by atoms with Gasteiger partial charge < -0.3 is 14.4 Å². The quantitative estimate of drug-likeness (QED) is 0.522. The summed E-state index contributed by atoms with van der Waals surface area (Å²) in [5.41, 5.74) is 2.50. The minimum Gasteiger partial charge on any atom is -0.494 e. The molecule has 1 aliphatic heterocycles. The zero-order valence-electron chi connectivity index (χ0n) is 17.0. The third-order valence-corrected chi connectivity index (χ3v) is 4.80. The molecule has 1 aliphatic rings. The fourth-order valence-corrected chi connectivity index (χ4v) is 3.19. The van der Waals surface area contributed by atoms with Gasteiger partial charge >= 0.3 is 6.09 Å². The van der Waals surface area contributed by atoms with Gasteiger partial charge in [0.1, 0.15) is 17.4 Å². The van der Waals surface area contributed by atoms with E-state index < -0.39 is 5.60 Å². The van der Waals surface area contributed by atoms with Gasteiger partial charge in [0, 0.05) is 23.5 Å². The SMILES string of the molecule is COc1cc(Br)ccc1N/N=C(\C#N)C(=O)C1CCN(C(=O)OC(C)(C)C)CC1. The van der Waals surface area contributed by atoms with Crippen LogP contribution in [-0.4, -0.2) is 48.3 Å². The number of carbonyl (C=O) groups excluding carboxylic acids is 2. The van der Waals surface area contributed by atoms with E-state index >= 15 is 0 Å². The Hall–Kier alpha value is -2.60. The van der Waals surface area contributed by atoms with Gasteiger partial charge in [-0.15, -0.1) is 0 Å². The van der Waals surface area contributed by atoms with Crippen molar-refractivity contribution in [2.24, 2.45) is 11.0 Å². The first-order chi connectivity index (χ1) is 13.6. The molecule has 1 fully saturated rings. The lowest BCUT2D eigenvalue weighted by Gasteiger charge is -2.32. The molecular formula is C20H25BrN4O4. The number of benzene rings is 1. The second-order valence-electron chi connectivity index (χ2n) is 7.63.